The first-order valence-corrected chi connectivity index (χ1v) is 7.73. The lowest BCUT2D eigenvalue weighted by molar-refractivity contribution is 0.0918. The Balaban J connectivity index is 1.82. The molecule has 5 nitrogen and oxygen atoms in total. The predicted molar refractivity (Wildman–Crippen MR) is 84.0 cm³/mol. The number of carbonyl (C=O) groups is 1. The van der Waals surface area contributed by atoms with Crippen LogP contribution in [0.5, 0.6) is 5.75 Å². The molecule has 1 amide bonds. The van der Waals surface area contributed by atoms with E-state index in [-0.39, 0.29) is 23.6 Å². The Morgan fingerprint density at radius 3 is 2.96 bits per heavy atom. The van der Waals surface area contributed by atoms with Crippen molar-refractivity contribution in [2.75, 3.05) is 6.61 Å². The molecule has 0 aliphatic carbocycles. The van der Waals surface area contributed by atoms with Crippen molar-refractivity contribution < 1.29 is 13.9 Å². The summed E-state index contributed by atoms with van der Waals surface area (Å²) < 4.78 is 20.9. The van der Waals surface area contributed by atoms with Gasteiger partial charge in [0, 0.05) is 24.7 Å². The first kappa shape index (κ1) is 15.5. The second-order valence-electron chi connectivity index (χ2n) is 6.05. The number of nitrogens with one attached hydrogen (secondary N) is 1. The molecule has 6 heteroatoms. The predicted octanol–water partition coefficient (Wildman–Crippen LogP) is 2.94. The quantitative estimate of drug-likeness (QED) is 0.947. The minimum Gasteiger partial charge on any atom is -0.490 e. The molecule has 2 aromatic rings. The Hall–Kier alpha value is -2.37. The number of fused-ring (bicyclic) bond motifs is 1. The Labute approximate surface area is 134 Å². The zero-order valence-electron chi connectivity index (χ0n) is 13.5. The number of hydrogen-bond acceptors (Lipinski definition) is 3. The van der Waals surface area contributed by atoms with Gasteiger partial charge in [0.1, 0.15) is 5.69 Å². The maximum absolute atomic E-state index is 13.8. The van der Waals surface area contributed by atoms with Crippen molar-refractivity contribution in [2.24, 2.45) is 7.05 Å². The molecular formula is C17H20FN3O2. The second-order valence-corrected chi connectivity index (χ2v) is 6.05. The molecule has 0 bridgehead atoms. The summed E-state index contributed by atoms with van der Waals surface area (Å²) in [5.41, 5.74) is 2.04. The molecular weight excluding hydrogens is 297 g/mol. The van der Waals surface area contributed by atoms with E-state index in [2.05, 4.69) is 24.3 Å². The number of carbonyl (C=O) groups excluding carboxylic acids is 1. The fourth-order valence-corrected chi connectivity index (χ4v) is 2.90. The summed E-state index contributed by atoms with van der Waals surface area (Å²) in [6, 6.07) is 6.29. The smallest absolute Gasteiger partial charge is 0.272 e. The second kappa shape index (κ2) is 6.02. The summed E-state index contributed by atoms with van der Waals surface area (Å²) in [4.78, 5) is 12.5. The number of aryl methyl sites for hydroxylation is 1. The van der Waals surface area contributed by atoms with Crippen LogP contribution in [0.3, 0.4) is 0 Å². The molecule has 0 saturated carbocycles. The van der Waals surface area contributed by atoms with Crippen molar-refractivity contribution in [2.45, 2.75) is 32.2 Å². The highest BCUT2D eigenvalue weighted by Gasteiger charge is 2.26. The van der Waals surface area contributed by atoms with Crippen molar-refractivity contribution in [3.63, 3.8) is 0 Å². The van der Waals surface area contributed by atoms with E-state index in [1.807, 2.05) is 7.05 Å². The van der Waals surface area contributed by atoms with Gasteiger partial charge >= 0.3 is 0 Å². The third kappa shape index (κ3) is 2.93. The minimum atomic E-state index is -0.402. The van der Waals surface area contributed by atoms with E-state index >= 15 is 0 Å². The van der Waals surface area contributed by atoms with Gasteiger partial charge in [-0.2, -0.15) is 5.10 Å². The number of ether oxygens (including phenoxy) is 1. The Morgan fingerprint density at radius 2 is 2.26 bits per heavy atom. The van der Waals surface area contributed by atoms with E-state index in [0.717, 1.165) is 5.69 Å². The molecule has 0 fully saturated rings. The van der Waals surface area contributed by atoms with Gasteiger partial charge < -0.3 is 10.1 Å². The van der Waals surface area contributed by atoms with Gasteiger partial charge in [0.15, 0.2) is 11.6 Å². The lowest BCUT2D eigenvalue weighted by Gasteiger charge is -2.26. The average Bonchev–Trinajstić information content (AvgIpc) is 2.91. The largest absolute Gasteiger partial charge is 0.490 e. The van der Waals surface area contributed by atoms with Crippen LogP contribution in [0.4, 0.5) is 4.39 Å². The molecule has 1 N–H and O–H groups in total. The molecule has 0 unspecified atom stereocenters. The Kier molecular flexibility index (Phi) is 4.07. The molecule has 23 heavy (non-hydrogen) atoms. The zero-order chi connectivity index (χ0) is 16.6. The lowest BCUT2D eigenvalue weighted by atomic mass is 10.00. The first-order valence-electron chi connectivity index (χ1n) is 7.73. The molecule has 0 radical (unpaired) electrons. The van der Waals surface area contributed by atoms with E-state index in [1.165, 1.54) is 6.07 Å². The number of amides is 1. The van der Waals surface area contributed by atoms with Crippen LogP contribution < -0.4 is 10.1 Å². The van der Waals surface area contributed by atoms with Gasteiger partial charge in [0.25, 0.3) is 5.91 Å². The molecule has 2 heterocycles. The van der Waals surface area contributed by atoms with Gasteiger partial charge in [0.05, 0.1) is 12.6 Å². The van der Waals surface area contributed by atoms with E-state index < -0.39 is 5.82 Å². The molecule has 1 atom stereocenters. The van der Waals surface area contributed by atoms with Gasteiger partial charge in [-0.25, -0.2) is 4.39 Å². The van der Waals surface area contributed by atoms with Crippen LogP contribution in [-0.2, 0) is 7.05 Å². The molecule has 122 valence electrons. The summed E-state index contributed by atoms with van der Waals surface area (Å²) in [7, 11) is 1.82. The SMILES string of the molecule is CC(C)c1cc(C(=O)N[C@@H]2CCOc3c(F)cccc32)nn1C. The zero-order valence-corrected chi connectivity index (χ0v) is 13.5. The number of rotatable bonds is 3. The highest BCUT2D eigenvalue weighted by atomic mass is 19.1. The van der Waals surface area contributed by atoms with Crippen LogP contribution in [0.1, 0.15) is 54.0 Å². The average molecular weight is 317 g/mol. The molecule has 1 aliphatic rings. The number of para-hydroxylation sites is 1. The van der Waals surface area contributed by atoms with E-state index in [4.69, 9.17) is 4.74 Å². The van der Waals surface area contributed by atoms with E-state index in [9.17, 15) is 9.18 Å². The number of nitrogens with zero attached hydrogens (tertiary/aromatic N) is 2. The van der Waals surface area contributed by atoms with Crippen LogP contribution in [0.15, 0.2) is 24.3 Å². The Morgan fingerprint density at radius 1 is 1.48 bits per heavy atom. The molecule has 1 aromatic carbocycles. The number of aromatic nitrogens is 2. The summed E-state index contributed by atoms with van der Waals surface area (Å²) in [5.74, 6) is -0.143. The fraction of sp³-hybridized carbons (Fsp3) is 0.412. The van der Waals surface area contributed by atoms with E-state index in [1.54, 1.807) is 22.9 Å². The maximum Gasteiger partial charge on any atom is 0.272 e. The maximum atomic E-state index is 13.8. The van der Waals surface area contributed by atoms with Gasteiger partial charge in [-0.3, -0.25) is 9.48 Å². The number of hydrogen-bond donors (Lipinski definition) is 1. The molecule has 1 aliphatic heterocycles. The van der Waals surface area contributed by atoms with Crippen LogP contribution in [0.2, 0.25) is 0 Å². The van der Waals surface area contributed by atoms with Crippen LogP contribution in [0, 0.1) is 5.82 Å². The summed E-state index contributed by atoms with van der Waals surface area (Å²) in [5, 5.41) is 7.21. The lowest BCUT2D eigenvalue weighted by Crippen LogP contribution is -2.32. The van der Waals surface area contributed by atoms with Crippen molar-refractivity contribution in [3.05, 3.63) is 47.0 Å². The van der Waals surface area contributed by atoms with Crippen molar-refractivity contribution in [3.8, 4) is 5.75 Å². The topological polar surface area (TPSA) is 56.1 Å². The van der Waals surface area contributed by atoms with Crippen molar-refractivity contribution in [1.29, 1.82) is 0 Å². The van der Waals surface area contributed by atoms with Gasteiger partial charge in [-0.15, -0.1) is 0 Å². The highest BCUT2D eigenvalue weighted by molar-refractivity contribution is 5.92. The number of benzene rings is 1. The van der Waals surface area contributed by atoms with Crippen LogP contribution in [-0.4, -0.2) is 22.3 Å². The summed E-state index contributed by atoms with van der Waals surface area (Å²) in [6.07, 6.45) is 0.603. The summed E-state index contributed by atoms with van der Waals surface area (Å²) in [6.45, 7) is 4.48. The summed E-state index contributed by atoms with van der Waals surface area (Å²) >= 11 is 0. The third-order valence-corrected chi connectivity index (χ3v) is 4.07. The minimum absolute atomic E-state index is 0.230. The standard InChI is InChI=1S/C17H20FN3O2/c1-10(2)15-9-14(20-21(15)3)17(22)19-13-7-8-23-16-11(13)5-4-6-12(16)18/h4-6,9-10,13H,7-8H2,1-3H3,(H,19,22)/t13-/m1/s1. The molecule has 3 rings (SSSR count). The molecule has 0 saturated heterocycles. The Bertz CT molecular complexity index is 739. The normalized spacial score (nSPS) is 16.8. The number of halogens is 1. The van der Waals surface area contributed by atoms with Gasteiger partial charge in [-0.1, -0.05) is 26.0 Å². The first-order chi connectivity index (χ1) is 11.0. The van der Waals surface area contributed by atoms with E-state index in [0.29, 0.717) is 24.3 Å². The van der Waals surface area contributed by atoms with Crippen LogP contribution >= 0.6 is 0 Å². The highest BCUT2D eigenvalue weighted by Crippen LogP contribution is 2.34. The third-order valence-electron chi connectivity index (χ3n) is 4.07. The van der Waals surface area contributed by atoms with Crippen LogP contribution in [0.25, 0.3) is 0 Å². The molecule has 1 aromatic heterocycles. The molecule has 0 spiro atoms. The fourth-order valence-electron chi connectivity index (χ4n) is 2.90. The van der Waals surface area contributed by atoms with Gasteiger partial charge in [-0.05, 0) is 18.1 Å². The monoisotopic (exact) mass is 317 g/mol. The van der Waals surface area contributed by atoms with Crippen molar-refractivity contribution >= 4 is 5.91 Å². The van der Waals surface area contributed by atoms with Gasteiger partial charge in [0.2, 0.25) is 0 Å². The van der Waals surface area contributed by atoms with Crippen molar-refractivity contribution in [1.82, 2.24) is 15.1 Å².